The maximum Gasteiger partial charge on any atom is 0.0491 e. The van der Waals surface area contributed by atoms with Crippen molar-refractivity contribution in [3.63, 3.8) is 0 Å². The van der Waals surface area contributed by atoms with Crippen molar-refractivity contribution >= 4 is 15.9 Å². The van der Waals surface area contributed by atoms with Gasteiger partial charge in [-0.15, -0.1) is 0 Å². The van der Waals surface area contributed by atoms with E-state index in [0.717, 1.165) is 19.7 Å². The van der Waals surface area contributed by atoms with Crippen LogP contribution in [-0.4, -0.2) is 38.3 Å². The van der Waals surface area contributed by atoms with E-state index in [2.05, 4.69) is 46.0 Å². The molecule has 0 spiro atoms. The smallest absolute Gasteiger partial charge is 0.0491 e. The quantitative estimate of drug-likeness (QED) is 0.894. The highest BCUT2D eigenvalue weighted by Crippen LogP contribution is 2.31. The first-order valence-corrected chi connectivity index (χ1v) is 8.14. The lowest BCUT2D eigenvalue weighted by Gasteiger charge is -2.37. The van der Waals surface area contributed by atoms with Gasteiger partial charge in [-0.3, -0.25) is 4.90 Å². The molecule has 1 fully saturated rings. The van der Waals surface area contributed by atoms with Gasteiger partial charge in [0.15, 0.2) is 0 Å². The summed E-state index contributed by atoms with van der Waals surface area (Å²) in [5.41, 5.74) is 8.63. The largest absolute Gasteiger partial charge is 0.384 e. The van der Waals surface area contributed by atoms with Crippen molar-refractivity contribution in [1.82, 2.24) is 4.90 Å². The van der Waals surface area contributed by atoms with Gasteiger partial charge in [-0.25, -0.2) is 0 Å². The highest BCUT2D eigenvalue weighted by atomic mass is 79.9. The molecule has 1 saturated heterocycles. The van der Waals surface area contributed by atoms with Crippen LogP contribution >= 0.6 is 15.9 Å². The zero-order valence-corrected chi connectivity index (χ0v) is 14.0. The number of piperidine rings is 1. The highest BCUT2D eigenvalue weighted by Gasteiger charge is 2.26. The van der Waals surface area contributed by atoms with Crippen LogP contribution in [0.1, 0.15) is 30.0 Å². The molecule has 0 radical (unpaired) electrons. The maximum atomic E-state index is 6.05. The second-order valence-corrected chi connectivity index (χ2v) is 6.57. The second kappa shape index (κ2) is 7.55. The van der Waals surface area contributed by atoms with E-state index >= 15 is 0 Å². The molecule has 0 bridgehead atoms. The predicted octanol–water partition coefficient (Wildman–Crippen LogP) is 3.12. The van der Waals surface area contributed by atoms with E-state index in [1.165, 1.54) is 28.4 Å². The molecule has 0 saturated carbocycles. The van der Waals surface area contributed by atoms with Crippen LogP contribution in [0.2, 0.25) is 0 Å². The van der Waals surface area contributed by atoms with Gasteiger partial charge in [-0.05, 0) is 56.0 Å². The first-order valence-electron chi connectivity index (χ1n) is 7.34. The molecule has 2 N–H and O–H groups in total. The van der Waals surface area contributed by atoms with Gasteiger partial charge in [-0.2, -0.15) is 0 Å². The third-order valence-electron chi connectivity index (χ3n) is 4.23. The van der Waals surface area contributed by atoms with Crippen LogP contribution in [0, 0.1) is 12.8 Å². The Balaban J connectivity index is 2.05. The van der Waals surface area contributed by atoms with Crippen LogP contribution in [0.25, 0.3) is 0 Å². The molecule has 2 rings (SSSR count). The Morgan fingerprint density at radius 1 is 1.40 bits per heavy atom. The molecule has 3 nitrogen and oxygen atoms in total. The molecule has 0 aromatic heterocycles. The number of rotatable bonds is 5. The average Bonchev–Trinajstić information content (AvgIpc) is 2.44. The minimum atomic E-state index is 0.313. The van der Waals surface area contributed by atoms with E-state index in [0.29, 0.717) is 18.5 Å². The number of aryl methyl sites for hydroxylation is 1. The summed E-state index contributed by atoms with van der Waals surface area (Å²) in [5, 5.41) is 0. The average molecular weight is 341 g/mol. The topological polar surface area (TPSA) is 38.5 Å². The molecule has 0 aliphatic carbocycles. The number of ether oxygens (including phenoxy) is 1. The van der Waals surface area contributed by atoms with Crippen molar-refractivity contribution in [3.8, 4) is 0 Å². The predicted molar refractivity (Wildman–Crippen MR) is 86.8 cm³/mol. The van der Waals surface area contributed by atoms with Gasteiger partial charge >= 0.3 is 0 Å². The Labute approximate surface area is 130 Å². The SMILES string of the molecule is COCC1CCN(C(CN)c2ccc(C)cc2Br)CC1. The molecule has 1 heterocycles. The van der Waals surface area contributed by atoms with Gasteiger partial charge in [0.05, 0.1) is 0 Å². The second-order valence-electron chi connectivity index (χ2n) is 5.71. The lowest BCUT2D eigenvalue weighted by molar-refractivity contribution is 0.0809. The van der Waals surface area contributed by atoms with Crippen molar-refractivity contribution in [1.29, 1.82) is 0 Å². The Morgan fingerprint density at radius 2 is 2.10 bits per heavy atom. The molecule has 1 aliphatic heterocycles. The van der Waals surface area contributed by atoms with E-state index < -0.39 is 0 Å². The number of halogens is 1. The van der Waals surface area contributed by atoms with Gasteiger partial charge in [0.1, 0.15) is 0 Å². The third-order valence-corrected chi connectivity index (χ3v) is 4.92. The molecule has 20 heavy (non-hydrogen) atoms. The first-order chi connectivity index (χ1) is 9.65. The van der Waals surface area contributed by atoms with Crippen LogP contribution in [0.4, 0.5) is 0 Å². The monoisotopic (exact) mass is 340 g/mol. The summed E-state index contributed by atoms with van der Waals surface area (Å²) in [6, 6.07) is 6.86. The van der Waals surface area contributed by atoms with Crippen LogP contribution < -0.4 is 5.73 Å². The van der Waals surface area contributed by atoms with Crippen LogP contribution in [0.3, 0.4) is 0 Å². The number of benzene rings is 1. The van der Waals surface area contributed by atoms with E-state index in [1.54, 1.807) is 7.11 Å². The van der Waals surface area contributed by atoms with Gasteiger partial charge < -0.3 is 10.5 Å². The van der Waals surface area contributed by atoms with E-state index in [1.807, 2.05) is 0 Å². The molecule has 4 heteroatoms. The Kier molecular flexibility index (Phi) is 6.02. The van der Waals surface area contributed by atoms with Crippen molar-refractivity contribution in [2.24, 2.45) is 11.7 Å². The number of likely N-dealkylation sites (tertiary alicyclic amines) is 1. The van der Waals surface area contributed by atoms with Gasteiger partial charge in [0.2, 0.25) is 0 Å². The van der Waals surface area contributed by atoms with Crippen LogP contribution in [0.5, 0.6) is 0 Å². The number of nitrogens with two attached hydrogens (primary N) is 1. The van der Waals surface area contributed by atoms with Gasteiger partial charge in [0.25, 0.3) is 0 Å². The first kappa shape index (κ1) is 16.0. The zero-order valence-electron chi connectivity index (χ0n) is 12.4. The minimum absolute atomic E-state index is 0.313. The fourth-order valence-electron chi connectivity index (χ4n) is 3.04. The van der Waals surface area contributed by atoms with Crippen molar-refractivity contribution in [3.05, 3.63) is 33.8 Å². The molecule has 1 aliphatic rings. The molecule has 1 aromatic carbocycles. The summed E-state index contributed by atoms with van der Waals surface area (Å²) in [5.74, 6) is 0.705. The summed E-state index contributed by atoms with van der Waals surface area (Å²) >= 11 is 3.69. The van der Waals surface area contributed by atoms with Gasteiger partial charge in [-0.1, -0.05) is 28.1 Å². The normalized spacial score (nSPS) is 19.2. The van der Waals surface area contributed by atoms with Crippen LogP contribution in [-0.2, 0) is 4.74 Å². The summed E-state index contributed by atoms with van der Waals surface area (Å²) in [6.45, 7) is 5.88. The van der Waals surface area contributed by atoms with E-state index in [-0.39, 0.29) is 0 Å². The van der Waals surface area contributed by atoms with Crippen molar-refractivity contribution in [2.45, 2.75) is 25.8 Å². The fourth-order valence-corrected chi connectivity index (χ4v) is 3.80. The molecule has 0 amide bonds. The van der Waals surface area contributed by atoms with Crippen molar-refractivity contribution in [2.75, 3.05) is 33.4 Å². The standard InChI is InChI=1S/C16H25BrN2O/c1-12-3-4-14(15(17)9-12)16(10-18)19-7-5-13(6-8-19)11-20-2/h3-4,9,13,16H,5-8,10-11,18H2,1-2H3. The molecular weight excluding hydrogens is 316 g/mol. The number of hydrogen-bond donors (Lipinski definition) is 1. The number of hydrogen-bond acceptors (Lipinski definition) is 3. The summed E-state index contributed by atoms with van der Waals surface area (Å²) in [4.78, 5) is 2.52. The minimum Gasteiger partial charge on any atom is -0.384 e. The fraction of sp³-hybridized carbons (Fsp3) is 0.625. The molecule has 112 valence electrons. The summed E-state index contributed by atoms with van der Waals surface area (Å²) in [6.07, 6.45) is 2.40. The van der Waals surface area contributed by atoms with E-state index in [4.69, 9.17) is 10.5 Å². The van der Waals surface area contributed by atoms with Crippen LogP contribution in [0.15, 0.2) is 22.7 Å². The summed E-state index contributed by atoms with van der Waals surface area (Å²) < 4.78 is 6.44. The lowest BCUT2D eigenvalue weighted by atomic mass is 9.94. The van der Waals surface area contributed by atoms with Gasteiger partial charge in [0, 0.05) is 30.8 Å². The maximum absolute atomic E-state index is 6.05. The Bertz CT molecular complexity index is 430. The van der Waals surface area contributed by atoms with E-state index in [9.17, 15) is 0 Å². The molecule has 1 atom stereocenters. The molecular formula is C16H25BrN2O. The Hall–Kier alpha value is -0.420. The number of nitrogens with zero attached hydrogens (tertiary/aromatic N) is 1. The highest BCUT2D eigenvalue weighted by molar-refractivity contribution is 9.10. The zero-order chi connectivity index (χ0) is 14.5. The number of methoxy groups -OCH3 is 1. The lowest BCUT2D eigenvalue weighted by Crippen LogP contribution is -2.40. The van der Waals surface area contributed by atoms with Crippen molar-refractivity contribution < 1.29 is 4.74 Å². The molecule has 1 unspecified atom stereocenters. The summed E-state index contributed by atoms with van der Waals surface area (Å²) in [7, 11) is 1.79. The molecule has 1 aromatic rings. The Morgan fingerprint density at radius 3 is 2.65 bits per heavy atom. The third kappa shape index (κ3) is 3.82.